The number of nitrogens with zero attached hydrogens (tertiary/aromatic N) is 1. The van der Waals surface area contributed by atoms with Crippen molar-refractivity contribution in [3.8, 4) is 0 Å². The average Bonchev–Trinajstić information content (AvgIpc) is 2.37. The third kappa shape index (κ3) is 2.61. The lowest BCUT2D eigenvalue weighted by Crippen LogP contribution is -2.17. The summed E-state index contributed by atoms with van der Waals surface area (Å²) in [6.07, 6.45) is 2.41. The SMILES string of the molecule is CN1CCCc2ccc(CC(=O)O)cc2C1. The van der Waals surface area contributed by atoms with Gasteiger partial charge < -0.3 is 10.0 Å². The Morgan fingerprint density at radius 1 is 1.44 bits per heavy atom. The highest BCUT2D eigenvalue weighted by Gasteiger charge is 2.12. The minimum atomic E-state index is -0.762. The number of fused-ring (bicyclic) bond motifs is 1. The van der Waals surface area contributed by atoms with Crippen LogP contribution < -0.4 is 0 Å². The van der Waals surface area contributed by atoms with E-state index in [2.05, 4.69) is 18.0 Å². The molecule has 0 unspecified atom stereocenters. The van der Waals surface area contributed by atoms with E-state index in [0.717, 1.165) is 25.1 Å². The minimum Gasteiger partial charge on any atom is -0.481 e. The molecule has 16 heavy (non-hydrogen) atoms. The second-order valence-corrected chi connectivity index (χ2v) is 4.51. The van der Waals surface area contributed by atoms with Crippen LogP contribution in [0.25, 0.3) is 0 Å². The summed E-state index contributed by atoms with van der Waals surface area (Å²) in [5, 5.41) is 8.77. The molecule has 0 radical (unpaired) electrons. The first-order valence-electron chi connectivity index (χ1n) is 5.66. The van der Waals surface area contributed by atoms with Gasteiger partial charge >= 0.3 is 5.97 Å². The highest BCUT2D eigenvalue weighted by atomic mass is 16.4. The standard InChI is InChI=1S/C13H17NO2/c1-14-6-2-3-11-5-4-10(8-13(15)16)7-12(11)9-14/h4-5,7H,2-3,6,8-9H2,1H3,(H,15,16). The van der Waals surface area contributed by atoms with E-state index < -0.39 is 5.97 Å². The molecule has 0 atom stereocenters. The molecule has 0 bridgehead atoms. The maximum atomic E-state index is 10.7. The molecule has 1 aromatic rings. The predicted octanol–water partition coefficient (Wildman–Crippen LogP) is 1.69. The van der Waals surface area contributed by atoms with E-state index in [9.17, 15) is 4.79 Å². The molecule has 0 aliphatic carbocycles. The first kappa shape index (κ1) is 11.1. The second kappa shape index (κ2) is 4.66. The minimum absolute atomic E-state index is 0.122. The van der Waals surface area contributed by atoms with E-state index in [1.807, 2.05) is 12.1 Å². The number of carboxylic acids is 1. The van der Waals surface area contributed by atoms with Crippen LogP contribution in [0.15, 0.2) is 18.2 Å². The van der Waals surface area contributed by atoms with Gasteiger partial charge in [-0.15, -0.1) is 0 Å². The average molecular weight is 219 g/mol. The summed E-state index contributed by atoms with van der Waals surface area (Å²) in [5.41, 5.74) is 3.57. The molecule has 0 saturated carbocycles. The molecule has 0 fully saturated rings. The summed E-state index contributed by atoms with van der Waals surface area (Å²) in [7, 11) is 2.11. The van der Waals surface area contributed by atoms with Gasteiger partial charge in [0.2, 0.25) is 0 Å². The van der Waals surface area contributed by atoms with E-state index >= 15 is 0 Å². The fourth-order valence-electron chi connectivity index (χ4n) is 2.26. The molecule has 0 saturated heterocycles. The monoisotopic (exact) mass is 219 g/mol. The number of aliphatic carboxylic acids is 1. The van der Waals surface area contributed by atoms with E-state index in [-0.39, 0.29) is 6.42 Å². The molecule has 1 aliphatic rings. The van der Waals surface area contributed by atoms with Gasteiger partial charge in [0.1, 0.15) is 0 Å². The van der Waals surface area contributed by atoms with Gasteiger partial charge in [-0.1, -0.05) is 18.2 Å². The Bertz CT molecular complexity index is 401. The Balaban J connectivity index is 2.25. The molecule has 3 heteroatoms. The lowest BCUT2D eigenvalue weighted by molar-refractivity contribution is -0.136. The topological polar surface area (TPSA) is 40.5 Å². The van der Waals surface area contributed by atoms with Crippen LogP contribution in [0.3, 0.4) is 0 Å². The van der Waals surface area contributed by atoms with Crippen molar-refractivity contribution in [3.63, 3.8) is 0 Å². The molecular weight excluding hydrogens is 202 g/mol. The number of hydrogen-bond donors (Lipinski definition) is 1. The Morgan fingerprint density at radius 2 is 2.25 bits per heavy atom. The fraction of sp³-hybridized carbons (Fsp3) is 0.462. The Morgan fingerprint density at radius 3 is 3.00 bits per heavy atom. The number of aryl methyl sites for hydroxylation is 1. The van der Waals surface area contributed by atoms with Crippen molar-refractivity contribution < 1.29 is 9.90 Å². The third-order valence-corrected chi connectivity index (χ3v) is 3.05. The molecule has 0 amide bonds. The summed E-state index contributed by atoms with van der Waals surface area (Å²) >= 11 is 0. The van der Waals surface area contributed by atoms with Gasteiger partial charge in [0.15, 0.2) is 0 Å². The van der Waals surface area contributed by atoms with Crippen molar-refractivity contribution in [1.29, 1.82) is 0 Å². The first-order chi connectivity index (χ1) is 7.65. The van der Waals surface area contributed by atoms with Crippen molar-refractivity contribution in [2.24, 2.45) is 0 Å². The normalized spacial score (nSPS) is 16.6. The van der Waals surface area contributed by atoms with Crippen molar-refractivity contribution in [2.45, 2.75) is 25.8 Å². The van der Waals surface area contributed by atoms with Gasteiger partial charge in [-0.3, -0.25) is 4.79 Å². The highest BCUT2D eigenvalue weighted by Crippen LogP contribution is 2.19. The zero-order valence-corrected chi connectivity index (χ0v) is 9.57. The van der Waals surface area contributed by atoms with Crippen LogP contribution in [0.2, 0.25) is 0 Å². The second-order valence-electron chi connectivity index (χ2n) is 4.51. The molecule has 1 heterocycles. The molecule has 0 aromatic heterocycles. The van der Waals surface area contributed by atoms with Gasteiger partial charge in [0.25, 0.3) is 0 Å². The maximum absolute atomic E-state index is 10.7. The Labute approximate surface area is 95.7 Å². The number of carboxylic acid groups (broad SMARTS) is 1. The Hall–Kier alpha value is -1.35. The van der Waals surface area contributed by atoms with Crippen molar-refractivity contribution in [2.75, 3.05) is 13.6 Å². The zero-order valence-electron chi connectivity index (χ0n) is 9.57. The number of hydrogen-bond acceptors (Lipinski definition) is 2. The summed E-state index contributed by atoms with van der Waals surface area (Å²) < 4.78 is 0. The largest absolute Gasteiger partial charge is 0.481 e. The molecule has 1 aromatic carbocycles. The van der Waals surface area contributed by atoms with E-state index in [1.165, 1.54) is 17.5 Å². The van der Waals surface area contributed by atoms with E-state index in [4.69, 9.17) is 5.11 Å². The van der Waals surface area contributed by atoms with Crippen molar-refractivity contribution in [3.05, 3.63) is 34.9 Å². The van der Waals surface area contributed by atoms with E-state index in [1.54, 1.807) is 0 Å². The van der Waals surface area contributed by atoms with Crippen LogP contribution in [-0.2, 0) is 24.2 Å². The molecule has 86 valence electrons. The summed E-state index contributed by atoms with van der Waals surface area (Å²) in [6.45, 7) is 2.05. The first-order valence-corrected chi connectivity index (χ1v) is 5.66. The van der Waals surface area contributed by atoms with Gasteiger partial charge in [0, 0.05) is 6.54 Å². The van der Waals surface area contributed by atoms with Gasteiger partial charge in [-0.05, 0) is 43.1 Å². The maximum Gasteiger partial charge on any atom is 0.307 e. The van der Waals surface area contributed by atoms with E-state index in [0.29, 0.717) is 0 Å². The van der Waals surface area contributed by atoms with Crippen LogP contribution >= 0.6 is 0 Å². The molecule has 0 spiro atoms. The smallest absolute Gasteiger partial charge is 0.307 e. The summed E-state index contributed by atoms with van der Waals surface area (Å²) in [6, 6.07) is 6.08. The lowest BCUT2D eigenvalue weighted by Gasteiger charge is -2.14. The molecule has 2 rings (SSSR count). The molecule has 3 nitrogen and oxygen atoms in total. The highest BCUT2D eigenvalue weighted by molar-refractivity contribution is 5.70. The lowest BCUT2D eigenvalue weighted by atomic mass is 10.00. The van der Waals surface area contributed by atoms with Gasteiger partial charge in [-0.25, -0.2) is 0 Å². The van der Waals surface area contributed by atoms with Crippen LogP contribution in [-0.4, -0.2) is 29.6 Å². The van der Waals surface area contributed by atoms with Crippen LogP contribution in [0.1, 0.15) is 23.1 Å². The van der Waals surface area contributed by atoms with Crippen molar-refractivity contribution >= 4 is 5.97 Å². The molecule has 1 aliphatic heterocycles. The zero-order chi connectivity index (χ0) is 11.5. The number of rotatable bonds is 2. The summed E-state index contributed by atoms with van der Waals surface area (Å²) in [4.78, 5) is 12.9. The van der Waals surface area contributed by atoms with Crippen LogP contribution in [0.4, 0.5) is 0 Å². The van der Waals surface area contributed by atoms with Gasteiger partial charge in [-0.2, -0.15) is 0 Å². The number of carbonyl (C=O) groups is 1. The fourth-order valence-corrected chi connectivity index (χ4v) is 2.26. The molecule has 1 N–H and O–H groups in total. The Kier molecular flexibility index (Phi) is 3.25. The molecular formula is C13H17NO2. The predicted molar refractivity (Wildman–Crippen MR) is 62.4 cm³/mol. The quantitative estimate of drug-likeness (QED) is 0.823. The van der Waals surface area contributed by atoms with Crippen molar-refractivity contribution in [1.82, 2.24) is 4.90 Å². The van der Waals surface area contributed by atoms with Crippen LogP contribution in [0.5, 0.6) is 0 Å². The summed E-state index contributed by atoms with van der Waals surface area (Å²) in [5.74, 6) is -0.762. The van der Waals surface area contributed by atoms with Crippen LogP contribution in [0, 0.1) is 0 Å². The van der Waals surface area contributed by atoms with Gasteiger partial charge in [0.05, 0.1) is 6.42 Å². The third-order valence-electron chi connectivity index (χ3n) is 3.05. The number of benzene rings is 1.